The van der Waals surface area contributed by atoms with E-state index in [0.29, 0.717) is 0 Å². The minimum Gasteiger partial charge on any atom is -0.312 e. The minimum absolute atomic E-state index is 0.896. The van der Waals surface area contributed by atoms with E-state index in [0.717, 1.165) is 12.5 Å². The van der Waals surface area contributed by atoms with Crippen molar-refractivity contribution in [2.24, 2.45) is 5.92 Å². The summed E-state index contributed by atoms with van der Waals surface area (Å²) in [6.07, 6.45) is 2.77. The van der Waals surface area contributed by atoms with Crippen LogP contribution in [0.5, 0.6) is 0 Å². The van der Waals surface area contributed by atoms with Gasteiger partial charge < -0.3 is 5.32 Å². The fourth-order valence-corrected chi connectivity index (χ4v) is 3.64. The molecule has 1 saturated heterocycles. The number of hydrogen-bond donors (Lipinski definition) is 1. The number of thioether (sulfide) groups is 1. The Labute approximate surface area is 117 Å². The van der Waals surface area contributed by atoms with Crippen LogP contribution in [0.25, 0.3) is 0 Å². The van der Waals surface area contributed by atoms with Gasteiger partial charge >= 0.3 is 0 Å². The van der Waals surface area contributed by atoms with Gasteiger partial charge in [0.05, 0.1) is 0 Å². The Balaban J connectivity index is 1.75. The van der Waals surface area contributed by atoms with Gasteiger partial charge in [-0.1, -0.05) is 28.1 Å². The lowest BCUT2D eigenvalue weighted by atomic mass is 10.0. The third kappa shape index (κ3) is 4.31. The highest BCUT2D eigenvalue weighted by Gasteiger charge is 2.12. The first-order valence-corrected chi connectivity index (χ1v) is 8.24. The van der Waals surface area contributed by atoms with E-state index in [2.05, 4.69) is 58.1 Å². The van der Waals surface area contributed by atoms with Crippen LogP contribution in [0.4, 0.5) is 0 Å². The number of benzene rings is 1. The lowest BCUT2D eigenvalue weighted by Gasteiger charge is -2.21. The van der Waals surface area contributed by atoms with E-state index in [1.807, 2.05) is 0 Å². The molecule has 0 spiro atoms. The molecule has 0 unspecified atom stereocenters. The van der Waals surface area contributed by atoms with Crippen LogP contribution in [0.1, 0.15) is 24.0 Å². The molecular formula is C14H20BrNS. The summed E-state index contributed by atoms with van der Waals surface area (Å²) in [6, 6.07) is 6.60. The van der Waals surface area contributed by atoms with Crippen LogP contribution in [0.2, 0.25) is 0 Å². The van der Waals surface area contributed by atoms with Crippen LogP contribution in [-0.4, -0.2) is 18.1 Å². The van der Waals surface area contributed by atoms with Gasteiger partial charge in [0.15, 0.2) is 0 Å². The van der Waals surface area contributed by atoms with E-state index in [4.69, 9.17) is 0 Å². The fourth-order valence-electron chi connectivity index (χ4n) is 2.19. The van der Waals surface area contributed by atoms with Crippen molar-refractivity contribution < 1.29 is 0 Å². The summed E-state index contributed by atoms with van der Waals surface area (Å²) in [5.41, 5.74) is 2.70. The van der Waals surface area contributed by atoms with Crippen molar-refractivity contribution in [2.45, 2.75) is 26.3 Å². The molecule has 0 bridgehead atoms. The standard InChI is InChI=1S/C14H20BrNS/c1-11-8-13(2-3-14(11)15)10-16-9-12-4-6-17-7-5-12/h2-3,8,12,16H,4-7,9-10H2,1H3. The van der Waals surface area contributed by atoms with Crippen molar-refractivity contribution in [2.75, 3.05) is 18.1 Å². The van der Waals surface area contributed by atoms with Crippen molar-refractivity contribution in [1.29, 1.82) is 0 Å². The smallest absolute Gasteiger partial charge is 0.0205 e. The molecule has 0 saturated carbocycles. The molecule has 2 rings (SSSR count). The lowest BCUT2D eigenvalue weighted by molar-refractivity contribution is 0.447. The maximum Gasteiger partial charge on any atom is 0.0205 e. The summed E-state index contributed by atoms with van der Waals surface area (Å²) in [5, 5.41) is 3.59. The predicted octanol–water partition coefficient (Wildman–Crippen LogP) is 3.99. The summed E-state index contributed by atoms with van der Waals surface area (Å²) in [4.78, 5) is 0. The van der Waals surface area contributed by atoms with Crippen LogP contribution in [-0.2, 0) is 6.54 Å². The molecule has 1 aromatic carbocycles. The van der Waals surface area contributed by atoms with E-state index in [-0.39, 0.29) is 0 Å². The molecule has 0 aromatic heterocycles. The number of aryl methyl sites for hydroxylation is 1. The molecular weight excluding hydrogens is 294 g/mol. The summed E-state index contributed by atoms with van der Waals surface area (Å²) < 4.78 is 1.20. The zero-order chi connectivity index (χ0) is 12.1. The van der Waals surface area contributed by atoms with E-state index in [9.17, 15) is 0 Å². The normalized spacial score (nSPS) is 17.3. The van der Waals surface area contributed by atoms with Crippen molar-refractivity contribution in [3.8, 4) is 0 Å². The highest BCUT2D eigenvalue weighted by Crippen LogP contribution is 2.22. The van der Waals surface area contributed by atoms with Gasteiger partial charge in [0.1, 0.15) is 0 Å². The second kappa shape index (κ2) is 6.81. The molecule has 1 fully saturated rings. The molecule has 1 aliphatic rings. The van der Waals surface area contributed by atoms with E-state index >= 15 is 0 Å². The fraction of sp³-hybridized carbons (Fsp3) is 0.571. The third-order valence-corrected chi connectivity index (χ3v) is 5.26. The molecule has 94 valence electrons. The summed E-state index contributed by atoms with van der Waals surface area (Å²) in [7, 11) is 0. The molecule has 1 heterocycles. The quantitative estimate of drug-likeness (QED) is 0.902. The van der Waals surface area contributed by atoms with Gasteiger partial charge in [0, 0.05) is 11.0 Å². The Hall–Kier alpha value is 0.01000. The van der Waals surface area contributed by atoms with Crippen molar-refractivity contribution in [3.63, 3.8) is 0 Å². The average molecular weight is 314 g/mol. The van der Waals surface area contributed by atoms with E-state index < -0.39 is 0 Å². The molecule has 1 nitrogen and oxygen atoms in total. The van der Waals surface area contributed by atoms with E-state index in [1.54, 1.807) is 0 Å². The van der Waals surface area contributed by atoms with Crippen molar-refractivity contribution in [3.05, 3.63) is 33.8 Å². The van der Waals surface area contributed by atoms with Crippen LogP contribution in [0.15, 0.2) is 22.7 Å². The first-order valence-electron chi connectivity index (χ1n) is 6.29. The highest BCUT2D eigenvalue weighted by atomic mass is 79.9. The predicted molar refractivity (Wildman–Crippen MR) is 80.6 cm³/mol. The monoisotopic (exact) mass is 313 g/mol. The first kappa shape index (κ1) is 13.4. The number of hydrogen-bond acceptors (Lipinski definition) is 2. The topological polar surface area (TPSA) is 12.0 Å². The zero-order valence-corrected chi connectivity index (χ0v) is 12.7. The van der Waals surface area contributed by atoms with Crippen LogP contribution < -0.4 is 5.32 Å². The van der Waals surface area contributed by atoms with Gasteiger partial charge in [0.2, 0.25) is 0 Å². The molecule has 1 aliphatic heterocycles. The van der Waals surface area contributed by atoms with Gasteiger partial charge in [-0.15, -0.1) is 0 Å². The van der Waals surface area contributed by atoms with Gasteiger partial charge in [-0.2, -0.15) is 11.8 Å². The van der Waals surface area contributed by atoms with Crippen molar-refractivity contribution in [1.82, 2.24) is 5.32 Å². The molecule has 17 heavy (non-hydrogen) atoms. The number of rotatable bonds is 4. The molecule has 1 N–H and O–H groups in total. The summed E-state index contributed by atoms with van der Waals surface area (Å²) >= 11 is 5.64. The number of halogens is 1. The second-order valence-corrected chi connectivity index (χ2v) is 6.85. The Bertz CT molecular complexity index is 361. The largest absolute Gasteiger partial charge is 0.312 e. The first-order chi connectivity index (χ1) is 8.25. The number of nitrogens with one attached hydrogen (secondary N) is 1. The Morgan fingerprint density at radius 2 is 2.12 bits per heavy atom. The molecule has 0 amide bonds. The minimum atomic E-state index is 0.896. The Kier molecular flexibility index (Phi) is 5.39. The van der Waals surface area contributed by atoms with Gasteiger partial charge in [-0.05, 0) is 60.9 Å². The maximum absolute atomic E-state index is 3.59. The highest BCUT2D eigenvalue weighted by molar-refractivity contribution is 9.10. The maximum atomic E-state index is 3.59. The SMILES string of the molecule is Cc1cc(CNCC2CCSCC2)ccc1Br. The summed E-state index contributed by atoms with van der Waals surface area (Å²) in [6.45, 7) is 4.32. The molecule has 0 aliphatic carbocycles. The van der Waals surface area contributed by atoms with Crippen LogP contribution in [0.3, 0.4) is 0 Å². The molecule has 3 heteroatoms. The van der Waals surface area contributed by atoms with Crippen molar-refractivity contribution >= 4 is 27.7 Å². The molecule has 0 radical (unpaired) electrons. The Morgan fingerprint density at radius 1 is 1.35 bits per heavy atom. The molecule has 0 atom stereocenters. The van der Waals surface area contributed by atoms with Gasteiger partial charge in [0.25, 0.3) is 0 Å². The Morgan fingerprint density at radius 3 is 2.82 bits per heavy atom. The molecule has 1 aromatic rings. The average Bonchev–Trinajstić information content (AvgIpc) is 2.35. The van der Waals surface area contributed by atoms with Crippen LogP contribution in [0, 0.1) is 12.8 Å². The van der Waals surface area contributed by atoms with E-state index in [1.165, 1.54) is 46.5 Å². The summed E-state index contributed by atoms with van der Waals surface area (Å²) in [5.74, 6) is 3.60. The van der Waals surface area contributed by atoms with Gasteiger partial charge in [-0.25, -0.2) is 0 Å². The lowest BCUT2D eigenvalue weighted by Crippen LogP contribution is -2.25. The third-order valence-electron chi connectivity index (χ3n) is 3.33. The van der Waals surface area contributed by atoms with Gasteiger partial charge in [-0.3, -0.25) is 0 Å². The zero-order valence-electron chi connectivity index (χ0n) is 10.3. The van der Waals surface area contributed by atoms with Crippen LogP contribution >= 0.6 is 27.7 Å². The second-order valence-electron chi connectivity index (χ2n) is 4.77.